The summed E-state index contributed by atoms with van der Waals surface area (Å²) in [6, 6.07) is -5.27. The number of primary amides is 1. The number of nitrogens with one attached hydrogen (secondary N) is 3. The molecule has 4 atom stereocenters. The van der Waals surface area contributed by atoms with Gasteiger partial charge in [-0.25, -0.2) is 4.79 Å². The molecule has 1 heterocycles. The molecule has 0 aromatic heterocycles. The molecule has 1 fully saturated rings. The van der Waals surface area contributed by atoms with Gasteiger partial charge in [-0.2, -0.15) is 0 Å². The molecule has 17 nitrogen and oxygen atoms in total. The lowest BCUT2D eigenvalue weighted by atomic mass is 10.1. The molecular weight excluding hydrogens is 520 g/mol. The van der Waals surface area contributed by atoms with Crippen LogP contribution in [-0.4, -0.2) is 99.8 Å². The van der Waals surface area contributed by atoms with Crippen molar-refractivity contribution in [1.82, 2.24) is 20.9 Å². The number of amides is 5. The Labute approximate surface area is 223 Å². The van der Waals surface area contributed by atoms with Crippen molar-refractivity contribution in [3.63, 3.8) is 0 Å². The molecule has 39 heavy (non-hydrogen) atoms. The van der Waals surface area contributed by atoms with Gasteiger partial charge in [0.1, 0.15) is 24.2 Å². The molecule has 0 spiro atoms. The summed E-state index contributed by atoms with van der Waals surface area (Å²) in [6.07, 6.45) is -0.524. The number of nitrogens with two attached hydrogens (primary N) is 3. The van der Waals surface area contributed by atoms with Crippen molar-refractivity contribution < 1.29 is 43.8 Å². The smallest absolute Gasteiger partial charge is 0.326 e. The van der Waals surface area contributed by atoms with Crippen molar-refractivity contribution in [3.05, 3.63) is 0 Å². The van der Waals surface area contributed by atoms with Crippen LogP contribution >= 0.6 is 0 Å². The first kappa shape index (κ1) is 32.6. The number of aliphatic carboxylic acids is 2. The number of likely N-dealkylation sites (tertiary alicyclic amines) is 1. The third-order valence-corrected chi connectivity index (χ3v) is 5.84. The molecule has 1 rings (SSSR count). The summed E-state index contributed by atoms with van der Waals surface area (Å²) in [7, 11) is 0. The molecule has 0 radical (unpaired) electrons. The minimum atomic E-state index is -1.71. The molecule has 11 N–H and O–H groups in total. The molecule has 0 bridgehead atoms. The maximum atomic E-state index is 13.2. The van der Waals surface area contributed by atoms with Crippen LogP contribution < -0.4 is 33.2 Å². The highest BCUT2D eigenvalue weighted by molar-refractivity contribution is 5.95. The van der Waals surface area contributed by atoms with Crippen molar-refractivity contribution in [2.75, 3.05) is 13.1 Å². The number of hydrogen-bond donors (Lipinski definition) is 8. The van der Waals surface area contributed by atoms with Gasteiger partial charge in [0.25, 0.3) is 0 Å². The van der Waals surface area contributed by atoms with Gasteiger partial charge in [-0.3, -0.25) is 33.8 Å². The van der Waals surface area contributed by atoms with E-state index in [2.05, 4.69) is 20.9 Å². The molecule has 17 heteroatoms. The molecule has 0 saturated carbocycles. The monoisotopic (exact) mass is 556 g/mol. The number of nitrogens with zero attached hydrogens (tertiary/aromatic N) is 2. The van der Waals surface area contributed by atoms with Crippen LogP contribution in [-0.2, 0) is 33.6 Å². The van der Waals surface area contributed by atoms with Crippen molar-refractivity contribution in [1.29, 1.82) is 0 Å². The first-order chi connectivity index (χ1) is 18.2. The second-order valence-electron chi connectivity index (χ2n) is 8.94. The highest BCUT2D eigenvalue weighted by Crippen LogP contribution is 2.18. The Kier molecular flexibility index (Phi) is 13.1. The lowest BCUT2D eigenvalue weighted by Gasteiger charge is -2.27. The number of aliphatic imine (C=N–C) groups is 1. The Hall–Kier alpha value is -4.44. The van der Waals surface area contributed by atoms with Crippen molar-refractivity contribution >= 4 is 47.4 Å². The van der Waals surface area contributed by atoms with E-state index in [0.717, 1.165) is 0 Å². The van der Waals surface area contributed by atoms with Crippen molar-refractivity contribution in [3.8, 4) is 0 Å². The summed E-state index contributed by atoms with van der Waals surface area (Å²) < 4.78 is 0. The number of rotatable bonds is 16. The van der Waals surface area contributed by atoms with Crippen LogP contribution in [0.4, 0.5) is 0 Å². The van der Waals surface area contributed by atoms with Crippen LogP contribution in [0.2, 0.25) is 0 Å². The summed E-state index contributed by atoms with van der Waals surface area (Å²) >= 11 is 0. The highest BCUT2D eigenvalue weighted by Gasteiger charge is 2.35. The van der Waals surface area contributed by atoms with Crippen molar-refractivity contribution in [2.45, 2.75) is 76.0 Å². The largest absolute Gasteiger partial charge is 0.481 e. The van der Waals surface area contributed by atoms with Gasteiger partial charge in [0.15, 0.2) is 5.96 Å². The van der Waals surface area contributed by atoms with Gasteiger partial charge < -0.3 is 48.3 Å². The molecule has 218 valence electrons. The zero-order valence-corrected chi connectivity index (χ0v) is 21.6. The predicted molar refractivity (Wildman–Crippen MR) is 134 cm³/mol. The molecular formula is C22H36N8O9. The predicted octanol–water partition coefficient (Wildman–Crippen LogP) is -3.67. The Morgan fingerprint density at radius 3 is 2.03 bits per heavy atom. The molecule has 1 aliphatic heterocycles. The molecule has 0 unspecified atom stereocenters. The number of carboxylic acid groups (broad SMARTS) is 2. The van der Waals surface area contributed by atoms with E-state index < -0.39 is 79.0 Å². The van der Waals surface area contributed by atoms with Crippen LogP contribution in [0.3, 0.4) is 0 Å². The highest BCUT2D eigenvalue weighted by atomic mass is 16.4. The van der Waals surface area contributed by atoms with Gasteiger partial charge in [-0.15, -0.1) is 0 Å². The van der Waals surface area contributed by atoms with Gasteiger partial charge in [-0.1, -0.05) is 0 Å². The SMILES string of the molecule is CC(=O)N1CCC[C@H]1C(=O)N[C@@H](CCCN=C(N)N)C(=O)N[C@@H](CCC(=O)O)C(=O)N[C@@H](CC(N)=O)C(=O)O. The van der Waals surface area contributed by atoms with E-state index >= 15 is 0 Å². The number of hydrogen-bond acceptors (Lipinski definition) is 8. The second kappa shape index (κ2) is 15.7. The lowest BCUT2D eigenvalue weighted by molar-refractivity contribution is -0.144. The van der Waals surface area contributed by atoms with E-state index in [1.54, 1.807) is 0 Å². The second-order valence-corrected chi connectivity index (χ2v) is 8.94. The van der Waals surface area contributed by atoms with Crippen molar-refractivity contribution in [2.24, 2.45) is 22.2 Å². The summed E-state index contributed by atoms with van der Waals surface area (Å²) in [6.45, 7) is 1.81. The average Bonchev–Trinajstić information content (AvgIpc) is 3.33. The van der Waals surface area contributed by atoms with Crippen LogP contribution in [0.5, 0.6) is 0 Å². The van der Waals surface area contributed by atoms with Gasteiger partial charge in [0, 0.05) is 26.4 Å². The van der Waals surface area contributed by atoms with Crippen LogP contribution in [0.1, 0.15) is 51.9 Å². The fourth-order valence-corrected chi connectivity index (χ4v) is 3.94. The molecule has 0 aromatic rings. The molecule has 0 aromatic carbocycles. The molecule has 5 amide bonds. The van der Waals surface area contributed by atoms with Gasteiger partial charge in [-0.05, 0) is 32.1 Å². The Bertz CT molecular complexity index is 983. The summed E-state index contributed by atoms with van der Waals surface area (Å²) in [5.41, 5.74) is 15.6. The fourth-order valence-electron chi connectivity index (χ4n) is 3.94. The van der Waals surface area contributed by atoms with Gasteiger partial charge in [0.2, 0.25) is 29.5 Å². The normalized spacial score (nSPS) is 16.7. The van der Waals surface area contributed by atoms with Crippen LogP contribution in [0.25, 0.3) is 0 Å². The average molecular weight is 557 g/mol. The Morgan fingerprint density at radius 2 is 1.51 bits per heavy atom. The van der Waals surface area contributed by atoms with Gasteiger partial charge in [0.05, 0.1) is 6.42 Å². The Balaban J connectivity index is 3.10. The van der Waals surface area contributed by atoms with E-state index in [1.807, 2.05) is 0 Å². The summed E-state index contributed by atoms with van der Waals surface area (Å²) in [5, 5.41) is 25.3. The van der Waals surface area contributed by atoms with Crippen LogP contribution in [0, 0.1) is 0 Å². The molecule has 0 aliphatic carbocycles. The van der Waals surface area contributed by atoms with Gasteiger partial charge >= 0.3 is 11.9 Å². The minimum Gasteiger partial charge on any atom is -0.481 e. The number of carbonyl (C=O) groups is 7. The minimum absolute atomic E-state index is 0.00778. The maximum absolute atomic E-state index is 13.2. The molecule has 1 aliphatic rings. The zero-order chi connectivity index (χ0) is 29.7. The number of guanidine groups is 1. The summed E-state index contributed by atoms with van der Waals surface area (Å²) in [5.74, 6) is -6.89. The van der Waals surface area contributed by atoms with E-state index in [-0.39, 0.29) is 31.3 Å². The first-order valence-corrected chi connectivity index (χ1v) is 12.2. The molecule has 1 saturated heterocycles. The third kappa shape index (κ3) is 11.7. The van der Waals surface area contributed by atoms with E-state index in [4.69, 9.17) is 22.3 Å². The standard InChI is InChI=1S/C22H36N8O9/c1-11(31)30-9-3-5-15(30)20(37)28-12(4-2-8-26-22(24)25)18(35)27-13(6-7-17(33)34)19(36)29-14(21(38)39)10-16(23)32/h12-15H,2-10H2,1H3,(H2,23,32)(H,27,35)(H,28,37)(H,29,36)(H,33,34)(H,38,39)(H4,24,25,26)/t12-,13-,14-,15-/m0/s1. The topological polar surface area (TPSA) is 290 Å². The lowest BCUT2D eigenvalue weighted by Crippen LogP contribution is -2.57. The third-order valence-electron chi connectivity index (χ3n) is 5.84. The summed E-state index contributed by atoms with van der Waals surface area (Å²) in [4.78, 5) is 89.6. The zero-order valence-electron chi connectivity index (χ0n) is 21.6. The van der Waals surface area contributed by atoms with E-state index in [0.29, 0.717) is 19.4 Å². The first-order valence-electron chi connectivity index (χ1n) is 12.2. The maximum Gasteiger partial charge on any atom is 0.326 e. The van der Waals surface area contributed by atoms with Crippen LogP contribution in [0.15, 0.2) is 4.99 Å². The van der Waals surface area contributed by atoms with E-state index in [1.165, 1.54) is 11.8 Å². The number of carbonyl (C=O) groups excluding carboxylic acids is 5. The number of carboxylic acids is 2. The quantitative estimate of drug-likeness (QED) is 0.0520. The van der Waals surface area contributed by atoms with E-state index in [9.17, 15) is 38.7 Å². The fraction of sp³-hybridized carbons (Fsp3) is 0.636. The Morgan fingerprint density at radius 1 is 0.923 bits per heavy atom.